The van der Waals surface area contributed by atoms with Crippen LogP contribution in [0.3, 0.4) is 0 Å². The third-order valence-corrected chi connectivity index (χ3v) is 4.56. The van der Waals surface area contributed by atoms with Crippen molar-refractivity contribution < 1.29 is 9.15 Å². The Labute approximate surface area is 147 Å². The largest absolute Gasteiger partial charge is 0.441 e. The molecule has 2 heterocycles. The van der Waals surface area contributed by atoms with Gasteiger partial charge in [-0.25, -0.2) is 4.79 Å². The topological polar surface area (TPSA) is 87.1 Å². The Morgan fingerprint density at radius 1 is 1.12 bits per heavy atom. The molecule has 0 saturated heterocycles. The van der Waals surface area contributed by atoms with Crippen molar-refractivity contribution >= 4 is 28.5 Å². The lowest BCUT2D eigenvalue weighted by molar-refractivity contribution is 0.431. The van der Waals surface area contributed by atoms with Crippen LogP contribution in [0.2, 0.25) is 5.02 Å². The van der Waals surface area contributed by atoms with Crippen LogP contribution in [0.25, 0.3) is 11.0 Å². The SMILES string of the molecule is N#CC1C(=N)Oc2c(c(=O)oc3ccccc23)C1c1ccc(Cl)cc1. The van der Waals surface area contributed by atoms with Gasteiger partial charge in [0.25, 0.3) is 0 Å². The van der Waals surface area contributed by atoms with E-state index in [4.69, 9.17) is 26.2 Å². The van der Waals surface area contributed by atoms with Gasteiger partial charge in [-0.15, -0.1) is 0 Å². The van der Waals surface area contributed by atoms with Crippen molar-refractivity contribution in [3.63, 3.8) is 0 Å². The molecule has 0 aliphatic carbocycles. The van der Waals surface area contributed by atoms with Gasteiger partial charge in [0.15, 0.2) is 5.75 Å². The Bertz CT molecular complexity index is 1100. The molecule has 1 N–H and O–H groups in total. The number of halogens is 1. The Kier molecular flexibility index (Phi) is 3.56. The molecule has 0 saturated carbocycles. The highest BCUT2D eigenvalue weighted by molar-refractivity contribution is 6.30. The highest BCUT2D eigenvalue weighted by Crippen LogP contribution is 2.43. The van der Waals surface area contributed by atoms with Crippen molar-refractivity contribution in [2.75, 3.05) is 0 Å². The molecule has 0 spiro atoms. The summed E-state index contributed by atoms with van der Waals surface area (Å²) in [7, 11) is 0. The van der Waals surface area contributed by atoms with Crippen LogP contribution in [0.15, 0.2) is 57.7 Å². The average molecular weight is 351 g/mol. The number of para-hydroxylation sites is 1. The summed E-state index contributed by atoms with van der Waals surface area (Å²) in [6, 6.07) is 15.9. The molecule has 2 atom stereocenters. The van der Waals surface area contributed by atoms with Crippen LogP contribution in [0.1, 0.15) is 17.0 Å². The average Bonchev–Trinajstić information content (AvgIpc) is 2.61. The lowest BCUT2D eigenvalue weighted by atomic mass is 9.79. The van der Waals surface area contributed by atoms with Gasteiger partial charge in [-0.3, -0.25) is 5.41 Å². The van der Waals surface area contributed by atoms with Gasteiger partial charge in [0.05, 0.1) is 17.0 Å². The highest BCUT2D eigenvalue weighted by atomic mass is 35.5. The first-order valence-corrected chi connectivity index (χ1v) is 7.95. The second-order valence-electron chi connectivity index (χ2n) is 5.73. The number of ether oxygens (including phenoxy) is 1. The molecule has 2 unspecified atom stereocenters. The lowest BCUT2D eigenvalue weighted by Crippen LogP contribution is -2.34. The van der Waals surface area contributed by atoms with E-state index in [1.807, 2.05) is 0 Å². The molecule has 0 fully saturated rings. The Balaban J connectivity index is 2.06. The fourth-order valence-corrected chi connectivity index (χ4v) is 3.29. The van der Waals surface area contributed by atoms with Gasteiger partial charge in [-0.1, -0.05) is 35.9 Å². The summed E-state index contributed by atoms with van der Waals surface area (Å²) in [6.07, 6.45) is 0. The standard InChI is InChI=1S/C19H11ClN2O3/c20-11-7-5-10(6-8-11)15-13(9-21)18(22)25-17-12-3-1-2-4-14(12)24-19(23)16(15)17/h1-8,13,15,22H. The van der Waals surface area contributed by atoms with E-state index in [9.17, 15) is 10.1 Å². The Morgan fingerprint density at radius 3 is 2.56 bits per heavy atom. The maximum Gasteiger partial charge on any atom is 0.343 e. The molecule has 1 aliphatic rings. The van der Waals surface area contributed by atoms with Crippen LogP contribution in [-0.2, 0) is 0 Å². The normalized spacial score (nSPS) is 19.1. The number of nitrogens with one attached hydrogen (secondary N) is 1. The molecule has 1 aliphatic heterocycles. The fourth-order valence-electron chi connectivity index (χ4n) is 3.17. The van der Waals surface area contributed by atoms with Crippen molar-refractivity contribution in [3.05, 3.63) is 75.1 Å². The van der Waals surface area contributed by atoms with E-state index in [0.717, 1.165) is 0 Å². The number of fused-ring (bicyclic) bond motifs is 3. The van der Waals surface area contributed by atoms with Crippen molar-refractivity contribution in [3.8, 4) is 11.8 Å². The van der Waals surface area contributed by atoms with Gasteiger partial charge < -0.3 is 9.15 Å². The van der Waals surface area contributed by atoms with Crippen LogP contribution in [0.5, 0.6) is 5.75 Å². The number of hydrogen-bond donors (Lipinski definition) is 1. The maximum absolute atomic E-state index is 12.6. The minimum Gasteiger partial charge on any atom is -0.441 e. The zero-order valence-electron chi connectivity index (χ0n) is 12.8. The van der Waals surface area contributed by atoms with Crippen LogP contribution in [0, 0.1) is 22.7 Å². The Hall–Kier alpha value is -3.10. The van der Waals surface area contributed by atoms with Crippen LogP contribution in [0.4, 0.5) is 0 Å². The second-order valence-corrected chi connectivity index (χ2v) is 6.17. The highest BCUT2D eigenvalue weighted by Gasteiger charge is 2.40. The van der Waals surface area contributed by atoms with E-state index in [1.54, 1.807) is 48.5 Å². The van der Waals surface area contributed by atoms with Crippen molar-refractivity contribution in [1.29, 1.82) is 10.7 Å². The fraction of sp³-hybridized carbons (Fsp3) is 0.105. The molecule has 5 nitrogen and oxygen atoms in total. The molecular formula is C19H11ClN2O3. The van der Waals surface area contributed by atoms with Crippen molar-refractivity contribution in [2.24, 2.45) is 5.92 Å². The predicted molar refractivity (Wildman–Crippen MR) is 93.2 cm³/mol. The molecule has 3 aromatic rings. The van der Waals surface area contributed by atoms with Crippen LogP contribution >= 0.6 is 11.6 Å². The molecule has 0 bridgehead atoms. The van der Waals surface area contributed by atoms with Gasteiger partial charge in [0.1, 0.15) is 11.5 Å². The van der Waals surface area contributed by atoms with Crippen LogP contribution < -0.4 is 10.4 Å². The molecule has 4 rings (SSSR count). The monoisotopic (exact) mass is 350 g/mol. The number of nitrogens with zero attached hydrogens (tertiary/aromatic N) is 1. The summed E-state index contributed by atoms with van der Waals surface area (Å²) in [5.74, 6) is -1.48. The van der Waals surface area contributed by atoms with Crippen LogP contribution in [-0.4, -0.2) is 5.90 Å². The first-order valence-electron chi connectivity index (χ1n) is 7.57. The van der Waals surface area contributed by atoms with E-state index in [2.05, 4.69) is 6.07 Å². The first kappa shape index (κ1) is 15.4. The number of rotatable bonds is 1. The minimum absolute atomic E-state index is 0.189. The predicted octanol–water partition coefficient (Wildman–Crippen LogP) is 4.09. The summed E-state index contributed by atoms with van der Waals surface area (Å²) in [4.78, 5) is 12.6. The summed E-state index contributed by atoms with van der Waals surface area (Å²) in [5.41, 5.74) is 0.766. The molecular weight excluding hydrogens is 340 g/mol. The zero-order chi connectivity index (χ0) is 17.6. The summed E-state index contributed by atoms with van der Waals surface area (Å²) in [5, 5.41) is 18.8. The van der Waals surface area contributed by atoms with Gasteiger partial charge in [0.2, 0.25) is 5.90 Å². The Morgan fingerprint density at radius 2 is 1.84 bits per heavy atom. The quantitative estimate of drug-likeness (QED) is 0.669. The van der Waals surface area contributed by atoms with Crippen molar-refractivity contribution in [2.45, 2.75) is 5.92 Å². The molecule has 122 valence electrons. The van der Waals surface area contributed by atoms with E-state index in [-0.39, 0.29) is 17.2 Å². The third-order valence-electron chi connectivity index (χ3n) is 4.31. The minimum atomic E-state index is -0.919. The molecule has 6 heteroatoms. The number of hydrogen-bond acceptors (Lipinski definition) is 5. The first-order chi connectivity index (χ1) is 12.1. The maximum atomic E-state index is 12.6. The number of benzene rings is 2. The molecule has 2 aromatic carbocycles. The third kappa shape index (κ3) is 2.39. The summed E-state index contributed by atoms with van der Waals surface area (Å²) in [6.45, 7) is 0. The summed E-state index contributed by atoms with van der Waals surface area (Å²) >= 11 is 5.95. The van der Waals surface area contributed by atoms with Gasteiger partial charge in [-0.2, -0.15) is 5.26 Å². The lowest BCUT2D eigenvalue weighted by Gasteiger charge is -2.29. The van der Waals surface area contributed by atoms with E-state index in [1.165, 1.54) is 0 Å². The van der Waals surface area contributed by atoms with E-state index in [0.29, 0.717) is 21.6 Å². The molecule has 25 heavy (non-hydrogen) atoms. The zero-order valence-corrected chi connectivity index (χ0v) is 13.6. The smallest absolute Gasteiger partial charge is 0.343 e. The van der Waals surface area contributed by atoms with E-state index < -0.39 is 17.5 Å². The van der Waals surface area contributed by atoms with Crippen molar-refractivity contribution in [1.82, 2.24) is 0 Å². The van der Waals surface area contributed by atoms with E-state index >= 15 is 0 Å². The second kappa shape index (κ2) is 5.76. The van der Waals surface area contributed by atoms with Gasteiger partial charge >= 0.3 is 5.63 Å². The summed E-state index contributed by atoms with van der Waals surface area (Å²) < 4.78 is 11.0. The molecule has 0 amide bonds. The molecule has 1 aromatic heterocycles. The van der Waals surface area contributed by atoms with Gasteiger partial charge in [-0.05, 0) is 29.8 Å². The molecule has 0 radical (unpaired) electrons. The number of nitriles is 1. The van der Waals surface area contributed by atoms with Gasteiger partial charge in [0, 0.05) is 10.9 Å².